The number of rotatable bonds is 2. The number of hydrogen-bond donors (Lipinski definition) is 1. The molecule has 1 aliphatic carbocycles. The highest BCUT2D eigenvalue weighted by atomic mass is 16.1. The highest BCUT2D eigenvalue weighted by molar-refractivity contribution is 5.92. The van der Waals surface area contributed by atoms with Crippen molar-refractivity contribution in [1.29, 1.82) is 0 Å². The summed E-state index contributed by atoms with van der Waals surface area (Å²) in [5.41, 5.74) is 2.61. The van der Waals surface area contributed by atoms with E-state index in [1.165, 1.54) is 12.0 Å². The third kappa shape index (κ3) is 4.84. The number of benzene rings is 1. The number of anilines is 1. The van der Waals surface area contributed by atoms with Crippen molar-refractivity contribution in [3.63, 3.8) is 0 Å². The van der Waals surface area contributed by atoms with E-state index in [2.05, 4.69) is 59.8 Å². The maximum Gasteiger partial charge on any atom is 0.227 e. The molecule has 2 heteroatoms. The Morgan fingerprint density at radius 3 is 1.96 bits per heavy atom. The van der Waals surface area contributed by atoms with E-state index in [4.69, 9.17) is 0 Å². The molecule has 0 aromatic heterocycles. The van der Waals surface area contributed by atoms with Crippen LogP contribution in [0.4, 0.5) is 5.69 Å². The Bertz CT molecular complexity index is 554. The van der Waals surface area contributed by atoms with E-state index < -0.39 is 0 Å². The lowest BCUT2D eigenvalue weighted by atomic mass is 9.60. The number of carbonyl (C=O) groups is 1. The lowest BCUT2D eigenvalue weighted by molar-refractivity contribution is -0.123. The van der Waals surface area contributed by atoms with E-state index in [9.17, 15) is 4.79 Å². The van der Waals surface area contributed by atoms with Crippen LogP contribution in [0.1, 0.15) is 66.4 Å². The van der Waals surface area contributed by atoms with E-state index in [0.29, 0.717) is 11.8 Å². The molecular formula is C22H35NO. The second-order valence-corrected chi connectivity index (χ2v) is 9.89. The van der Waals surface area contributed by atoms with Gasteiger partial charge in [-0.3, -0.25) is 4.79 Å². The third-order valence-corrected chi connectivity index (χ3v) is 5.81. The minimum atomic E-state index is 0.118. The third-order valence-electron chi connectivity index (χ3n) is 5.81. The number of carbonyl (C=O) groups excluding carboxylic acids is 1. The van der Waals surface area contributed by atoms with Crippen LogP contribution in [0.5, 0.6) is 0 Å². The first-order valence-corrected chi connectivity index (χ1v) is 9.34. The minimum Gasteiger partial charge on any atom is -0.326 e. The zero-order chi connectivity index (χ0) is 18.1. The van der Waals surface area contributed by atoms with Crippen LogP contribution in [0.25, 0.3) is 0 Å². The van der Waals surface area contributed by atoms with Gasteiger partial charge in [-0.1, -0.05) is 53.7 Å². The van der Waals surface area contributed by atoms with Gasteiger partial charge >= 0.3 is 0 Å². The fraction of sp³-hybridized carbons (Fsp3) is 0.682. The molecule has 0 aliphatic heterocycles. The summed E-state index contributed by atoms with van der Waals surface area (Å²) in [6, 6.07) is 8.09. The Balaban J connectivity index is 2.16. The van der Waals surface area contributed by atoms with Gasteiger partial charge in [0.15, 0.2) is 0 Å². The summed E-state index contributed by atoms with van der Waals surface area (Å²) in [6.07, 6.45) is 3.25. The summed E-state index contributed by atoms with van der Waals surface area (Å²) >= 11 is 0. The van der Waals surface area contributed by atoms with Crippen molar-refractivity contribution < 1.29 is 4.79 Å². The summed E-state index contributed by atoms with van der Waals surface area (Å²) in [6.45, 7) is 16.0. The molecule has 1 fully saturated rings. The smallest absolute Gasteiger partial charge is 0.227 e. The monoisotopic (exact) mass is 329 g/mol. The molecule has 1 N–H and O–H groups in total. The molecule has 134 valence electrons. The number of nitrogens with one attached hydrogen (secondary N) is 1. The second kappa shape index (κ2) is 6.90. The van der Waals surface area contributed by atoms with Gasteiger partial charge in [0.2, 0.25) is 5.91 Å². The van der Waals surface area contributed by atoms with Crippen LogP contribution >= 0.6 is 0 Å². The average molecular weight is 330 g/mol. The molecule has 2 rings (SSSR count). The van der Waals surface area contributed by atoms with E-state index in [0.717, 1.165) is 18.5 Å². The predicted octanol–water partition coefficient (Wildman–Crippen LogP) is 6.06. The first-order valence-electron chi connectivity index (χ1n) is 9.34. The highest BCUT2D eigenvalue weighted by Gasteiger charge is 2.41. The molecule has 0 radical (unpaired) electrons. The standard InChI is InChI=1S/C22H35NO/c1-15-9-8-10-19(11-15)23-20(24)16-12-17(21(2,3)4)14-18(13-16)22(5,6)7/h8-11,16-18H,12-14H2,1-7H3,(H,23,24). The first kappa shape index (κ1) is 19.0. The molecule has 0 heterocycles. The molecule has 2 nitrogen and oxygen atoms in total. The summed E-state index contributed by atoms with van der Waals surface area (Å²) in [5, 5.41) is 3.16. The molecule has 1 amide bonds. The fourth-order valence-corrected chi connectivity index (χ4v) is 3.91. The fourth-order valence-electron chi connectivity index (χ4n) is 3.91. The van der Waals surface area contributed by atoms with E-state index in [1.807, 2.05) is 18.2 Å². The van der Waals surface area contributed by atoms with Crippen LogP contribution in [0, 0.1) is 35.5 Å². The van der Waals surface area contributed by atoms with Crippen molar-refractivity contribution in [2.24, 2.45) is 28.6 Å². The molecular weight excluding hydrogens is 294 g/mol. The summed E-state index contributed by atoms with van der Waals surface area (Å²) < 4.78 is 0. The molecule has 2 atom stereocenters. The molecule has 0 saturated heterocycles. The van der Waals surface area contributed by atoms with Crippen LogP contribution in [0.15, 0.2) is 24.3 Å². The Labute approximate surface area is 148 Å². The van der Waals surface area contributed by atoms with Gasteiger partial charge < -0.3 is 5.32 Å². The molecule has 1 saturated carbocycles. The van der Waals surface area contributed by atoms with Gasteiger partial charge in [0, 0.05) is 11.6 Å². The molecule has 0 spiro atoms. The van der Waals surface area contributed by atoms with Gasteiger partial charge in [-0.25, -0.2) is 0 Å². The topological polar surface area (TPSA) is 29.1 Å². The van der Waals surface area contributed by atoms with Crippen LogP contribution in [0.2, 0.25) is 0 Å². The SMILES string of the molecule is Cc1cccc(NC(=O)C2CC(C(C)(C)C)CC(C(C)(C)C)C2)c1. The average Bonchev–Trinajstić information content (AvgIpc) is 2.45. The van der Waals surface area contributed by atoms with Gasteiger partial charge in [-0.05, 0) is 66.5 Å². The van der Waals surface area contributed by atoms with E-state index in [1.54, 1.807) is 0 Å². The zero-order valence-electron chi connectivity index (χ0n) is 16.6. The minimum absolute atomic E-state index is 0.118. The quantitative estimate of drug-likeness (QED) is 0.702. The largest absolute Gasteiger partial charge is 0.326 e. The van der Waals surface area contributed by atoms with Crippen molar-refractivity contribution in [2.45, 2.75) is 67.7 Å². The summed E-state index contributed by atoms with van der Waals surface area (Å²) in [4.78, 5) is 12.9. The van der Waals surface area contributed by atoms with Crippen LogP contribution in [-0.4, -0.2) is 5.91 Å². The molecule has 1 aromatic carbocycles. The first-order chi connectivity index (χ1) is 11.0. The normalized spacial score (nSPS) is 25.4. The van der Waals surface area contributed by atoms with Gasteiger partial charge in [0.25, 0.3) is 0 Å². The van der Waals surface area contributed by atoms with Gasteiger partial charge in [0.1, 0.15) is 0 Å². The van der Waals surface area contributed by atoms with Crippen LogP contribution in [-0.2, 0) is 4.79 Å². The molecule has 0 bridgehead atoms. The second-order valence-electron chi connectivity index (χ2n) is 9.89. The number of aryl methyl sites for hydroxylation is 1. The Morgan fingerprint density at radius 1 is 0.958 bits per heavy atom. The van der Waals surface area contributed by atoms with Gasteiger partial charge in [-0.2, -0.15) is 0 Å². The lowest BCUT2D eigenvalue weighted by Crippen LogP contribution is -2.40. The van der Waals surface area contributed by atoms with Crippen LogP contribution in [0.3, 0.4) is 0 Å². The Kier molecular flexibility index (Phi) is 5.47. The molecule has 24 heavy (non-hydrogen) atoms. The Hall–Kier alpha value is -1.31. The van der Waals surface area contributed by atoms with Crippen molar-refractivity contribution in [3.05, 3.63) is 29.8 Å². The van der Waals surface area contributed by atoms with E-state index >= 15 is 0 Å². The highest BCUT2D eigenvalue weighted by Crippen LogP contribution is 2.48. The van der Waals surface area contributed by atoms with Crippen molar-refractivity contribution in [3.8, 4) is 0 Å². The molecule has 2 unspecified atom stereocenters. The molecule has 1 aliphatic rings. The maximum atomic E-state index is 12.9. The zero-order valence-corrected chi connectivity index (χ0v) is 16.6. The van der Waals surface area contributed by atoms with Crippen molar-refractivity contribution in [1.82, 2.24) is 0 Å². The number of amides is 1. The molecule has 1 aromatic rings. The Morgan fingerprint density at radius 2 is 1.50 bits per heavy atom. The predicted molar refractivity (Wildman–Crippen MR) is 103 cm³/mol. The van der Waals surface area contributed by atoms with Crippen molar-refractivity contribution >= 4 is 11.6 Å². The van der Waals surface area contributed by atoms with Gasteiger partial charge in [0.05, 0.1) is 0 Å². The van der Waals surface area contributed by atoms with Crippen LogP contribution < -0.4 is 5.32 Å². The van der Waals surface area contributed by atoms with E-state index in [-0.39, 0.29) is 22.7 Å². The maximum absolute atomic E-state index is 12.9. The number of hydrogen-bond acceptors (Lipinski definition) is 1. The lowest BCUT2D eigenvalue weighted by Gasteiger charge is -2.45. The summed E-state index contributed by atoms with van der Waals surface area (Å²) in [5.74, 6) is 1.52. The summed E-state index contributed by atoms with van der Waals surface area (Å²) in [7, 11) is 0. The van der Waals surface area contributed by atoms with Gasteiger partial charge in [-0.15, -0.1) is 0 Å². The van der Waals surface area contributed by atoms with Crippen molar-refractivity contribution in [2.75, 3.05) is 5.32 Å².